The van der Waals surface area contributed by atoms with Gasteiger partial charge in [0.15, 0.2) is 0 Å². The molecule has 176 valence electrons. The number of hydrogen-bond donors (Lipinski definition) is 1. The van der Waals surface area contributed by atoms with E-state index < -0.39 is 11.2 Å². The minimum absolute atomic E-state index is 0.127. The van der Waals surface area contributed by atoms with E-state index in [0.29, 0.717) is 38.7 Å². The highest BCUT2D eigenvalue weighted by molar-refractivity contribution is 6.30. The molecule has 0 aliphatic carbocycles. The van der Waals surface area contributed by atoms with E-state index >= 15 is 0 Å². The van der Waals surface area contributed by atoms with Crippen molar-refractivity contribution in [1.82, 2.24) is 13.7 Å². The molecule has 0 radical (unpaired) electrons. The van der Waals surface area contributed by atoms with E-state index in [0.717, 1.165) is 10.1 Å². The summed E-state index contributed by atoms with van der Waals surface area (Å²) in [6.07, 6.45) is 1.75. The van der Waals surface area contributed by atoms with Crippen LogP contribution < -0.4 is 21.3 Å². The molecule has 0 unspecified atom stereocenters. The largest absolute Gasteiger partial charge is 0.494 e. The van der Waals surface area contributed by atoms with Crippen LogP contribution in [0.15, 0.2) is 58.3 Å². The molecule has 9 heteroatoms. The van der Waals surface area contributed by atoms with Crippen LogP contribution in [0.25, 0.3) is 27.8 Å². The van der Waals surface area contributed by atoms with Crippen molar-refractivity contribution in [3.05, 3.63) is 74.5 Å². The smallest absolute Gasteiger partial charge is 0.330 e. The molecule has 0 spiro atoms. The summed E-state index contributed by atoms with van der Waals surface area (Å²) in [5.74, 6) is 0.152. The number of aryl methyl sites for hydroxylation is 1. The Kier molecular flexibility index (Phi) is 6.10. The van der Waals surface area contributed by atoms with Crippen molar-refractivity contribution >= 4 is 34.1 Å². The molecule has 0 fully saturated rings. The van der Waals surface area contributed by atoms with Gasteiger partial charge in [-0.15, -0.1) is 0 Å². The molecule has 0 saturated carbocycles. The maximum Gasteiger partial charge on any atom is 0.330 e. The number of ether oxygens (including phenoxy) is 1. The molecule has 0 atom stereocenters. The van der Waals surface area contributed by atoms with Crippen molar-refractivity contribution in [1.29, 1.82) is 0 Å². The van der Waals surface area contributed by atoms with Gasteiger partial charge in [0.2, 0.25) is 5.91 Å². The van der Waals surface area contributed by atoms with E-state index in [1.54, 1.807) is 37.5 Å². The number of methoxy groups -OCH3 is 1. The van der Waals surface area contributed by atoms with Crippen LogP contribution in [0.4, 0.5) is 5.69 Å². The maximum atomic E-state index is 13.2. The summed E-state index contributed by atoms with van der Waals surface area (Å²) in [6.45, 7) is 3.62. The molecule has 0 aliphatic rings. The molecule has 2 aromatic carbocycles. The van der Waals surface area contributed by atoms with Gasteiger partial charge in [0.05, 0.1) is 29.4 Å². The highest BCUT2D eigenvalue weighted by Crippen LogP contribution is 2.34. The first-order chi connectivity index (χ1) is 16.1. The Bertz CT molecular complexity index is 1530. The van der Waals surface area contributed by atoms with Crippen LogP contribution in [0, 0.1) is 5.92 Å². The van der Waals surface area contributed by atoms with Gasteiger partial charge in [0.1, 0.15) is 5.75 Å². The fourth-order valence-corrected chi connectivity index (χ4v) is 3.97. The number of amides is 1. The number of fused-ring (bicyclic) bond motifs is 1. The SMILES string of the molecule is COc1cc(-n2cc3c(c2-c2ccc(Cl)cc2)c(=O)n(C)c(=O)n3C)ccc1NC(=O)C(C)C. The zero-order valence-corrected chi connectivity index (χ0v) is 20.3. The Hall–Kier alpha value is -3.78. The van der Waals surface area contributed by atoms with Gasteiger partial charge in [0, 0.05) is 43.0 Å². The third kappa shape index (κ3) is 3.90. The lowest BCUT2D eigenvalue weighted by molar-refractivity contribution is -0.118. The van der Waals surface area contributed by atoms with E-state index in [9.17, 15) is 14.4 Å². The average molecular weight is 481 g/mol. The Morgan fingerprint density at radius 3 is 2.32 bits per heavy atom. The van der Waals surface area contributed by atoms with Gasteiger partial charge >= 0.3 is 5.69 Å². The number of anilines is 1. The predicted molar refractivity (Wildman–Crippen MR) is 134 cm³/mol. The van der Waals surface area contributed by atoms with E-state index in [-0.39, 0.29) is 11.8 Å². The van der Waals surface area contributed by atoms with Gasteiger partial charge in [-0.05, 0) is 29.8 Å². The summed E-state index contributed by atoms with van der Waals surface area (Å²) in [5.41, 5.74) is 2.29. The van der Waals surface area contributed by atoms with Crippen molar-refractivity contribution in [2.75, 3.05) is 12.4 Å². The zero-order valence-electron chi connectivity index (χ0n) is 19.5. The lowest BCUT2D eigenvalue weighted by Gasteiger charge is -2.15. The first kappa shape index (κ1) is 23.4. The number of benzene rings is 2. The second-order valence-electron chi connectivity index (χ2n) is 8.35. The lowest BCUT2D eigenvalue weighted by Crippen LogP contribution is -2.36. The highest BCUT2D eigenvalue weighted by atomic mass is 35.5. The molecule has 2 heterocycles. The van der Waals surface area contributed by atoms with Crippen LogP contribution >= 0.6 is 11.6 Å². The van der Waals surface area contributed by atoms with Crippen LogP contribution in [0.1, 0.15) is 13.8 Å². The standard InChI is InChI=1S/C25H25ClN4O4/c1-14(2)23(31)27-18-11-10-17(12-20(18)34-5)30-13-19-21(24(32)29(4)25(33)28(19)3)22(30)15-6-8-16(26)9-7-15/h6-14H,1-5H3,(H,27,31). The van der Waals surface area contributed by atoms with Gasteiger partial charge in [-0.2, -0.15) is 0 Å². The molecule has 4 rings (SSSR count). The molecule has 1 amide bonds. The number of nitrogens with zero attached hydrogens (tertiary/aromatic N) is 3. The van der Waals surface area contributed by atoms with Crippen molar-refractivity contribution in [2.24, 2.45) is 20.0 Å². The monoisotopic (exact) mass is 480 g/mol. The molecular formula is C25H25ClN4O4. The first-order valence-electron chi connectivity index (χ1n) is 10.7. The summed E-state index contributed by atoms with van der Waals surface area (Å²) in [7, 11) is 4.61. The average Bonchev–Trinajstić information content (AvgIpc) is 3.22. The lowest BCUT2D eigenvalue weighted by atomic mass is 10.1. The maximum absolute atomic E-state index is 13.2. The van der Waals surface area contributed by atoms with E-state index in [2.05, 4.69) is 5.32 Å². The number of carbonyl (C=O) groups is 1. The number of rotatable bonds is 5. The summed E-state index contributed by atoms with van der Waals surface area (Å²) in [6, 6.07) is 12.5. The van der Waals surface area contributed by atoms with Gasteiger partial charge in [-0.3, -0.25) is 18.7 Å². The van der Waals surface area contributed by atoms with Crippen molar-refractivity contribution in [3.63, 3.8) is 0 Å². The van der Waals surface area contributed by atoms with Crippen LogP contribution in [0.5, 0.6) is 5.75 Å². The van der Waals surface area contributed by atoms with Crippen molar-refractivity contribution in [2.45, 2.75) is 13.8 Å². The molecule has 4 aromatic rings. The fourth-order valence-electron chi connectivity index (χ4n) is 3.85. The Morgan fingerprint density at radius 1 is 1.03 bits per heavy atom. The minimum Gasteiger partial charge on any atom is -0.494 e. The van der Waals surface area contributed by atoms with Gasteiger partial charge in [0.25, 0.3) is 5.56 Å². The molecule has 1 N–H and O–H groups in total. The topological polar surface area (TPSA) is 87.3 Å². The number of aromatic nitrogens is 3. The summed E-state index contributed by atoms with van der Waals surface area (Å²) >= 11 is 6.10. The van der Waals surface area contributed by atoms with Gasteiger partial charge in [-0.25, -0.2) is 4.79 Å². The summed E-state index contributed by atoms with van der Waals surface area (Å²) in [4.78, 5) is 38.0. The normalized spacial score (nSPS) is 11.3. The van der Waals surface area contributed by atoms with Crippen molar-refractivity contribution < 1.29 is 9.53 Å². The first-order valence-corrected chi connectivity index (χ1v) is 11.1. The van der Waals surface area contributed by atoms with E-state index in [1.807, 2.05) is 36.6 Å². The summed E-state index contributed by atoms with van der Waals surface area (Å²) in [5, 5.41) is 3.84. The molecule has 2 aromatic heterocycles. The quantitative estimate of drug-likeness (QED) is 0.468. The molecule has 0 saturated heterocycles. The van der Waals surface area contributed by atoms with Gasteiger partial charge in [-0.1, -0.05) is 37.6 Å². The Balaban J connectivity index is 2.02. The van der Waals surface area contributed by atoms with Gasteiger partial charge < -0.3 is 14.6 Å². The molecule has 0 bridgehead atoms. The Morgan fingerprint density at radius 2 is 1.71 bits per heavy atom. The van der Waals surface area contributed by atoms with Crippen LogP contribution in [-0.4, -0.2) is 26.7 Å². The summed E-state index contributed by atoms with van der Waals surface area (Å²) < 4.78 is 9.92. The van der Waals surface area contributed by atoms with Crippen LogP contribution in [0.3, 0.4) is 0 Å². The number of hydrogen-bond acceptors (Lipinski definition) is 4. The minimum atomic E-state index is -0.415. The molecule has 8 nitrogen and oxygen atoms in total. The zero-order chi connectivity index (χ0) is 24.7. The molecular weight excluding hydrogens is 456 g/mol. The second-order valence-corrected chi connectivity index (χ2v) is 8.79. The molecule has 0 aliphatic heterocycles. The van der Waals surface area contributed by atoms with E-state index in [4.69, 9.17) is 16.3 Å². The molecule has 34 heavy (non-hydrogen) atoms. The van der Waals surface area contributed by atoms with E-state index in [1.165, 1.54) is 18.7 Å². The van der Waals surface area contributed by atoms with Crippen molar-refractivity contribution in [3.8, 4) is 22.7 Å². The number of nitrogens with one attached hydrogen (secondary N) is 1. The number of halogens is 1. The third-order valence-corrected chi connectivity index (χ3v) is 6.05. The number of carbonyl (C=O) groups excluding carboxylic acids is 1. The van der Waals surface area contributed by atoms with Crippen LogP contribution in [-0.2, 0) is 18.9 Å². The third-order valence-electron chi connectivity index (χ3n) is 5.80. The Labute approximate surface area is 201 Å². The predicted octanol–water partition coefficient (Wildman–Crippen LogP) is 3.95. The highest BCUT2D eigenvalue weighted by Gasteiger charge is 2.21. The second kappa shape index (κ2) is 8.87. The fraction of sp³-hybridized carbons (Fsp3) is 0.240. The van der Waals surface area contributed by atoms with Crippen LogP contribution in [0.2, 0.25) is 5.02 Å².